The first-order chi connectivity index (χ1) is 9.87. The minimum absolute atomic E-state index is 0.00604. The number of likely N-dealkylation sites (tertiary alicyclic amines) is 1. The minimum Gasteiger partial charge on any atom is -0.398 e. The molecule has 1 fully saturated rings. The van der Waals surface area contributed by atoms with Gasteiger partial charge in [-0.05, 0) is 44.6 Å². The van der Waals surface area contributed by atoms with Crippen LogP contribution in [0.1, 0.15) is 19.8 Å². The van der Waals surface area contributed by atoms with E-state index in [9.17, 15) is 8.42 Å². The van der Waals surface area contributed by atoms with Gasteiger partial charge in [0.2, 0.25) is 10.0 Å². The van der Waals surface area contributed by atoms with Crippen molar-refractivity contribution in [2.24, 2.45) is 0 Å². The summed E-state index contributed by atoms with van der Waals surface area (Å²) in [6, 6.07) is 4.76. The van der Waals surface area contributed by atoms with Crippen LogP contribution in [0.2, 0.25) is 5.02 Å². The number of rotatable bonds is 4. The van der Waals surface area contributed by atoms with Gasteiger partial charge in [0.25, 0.3) is 0 Å². The zero-order chi connectivity index (χ0) is 15.6. The van der Waals surface area contributed by atoms with Gasteiger partial charge in [0.1, 0.15) is 4.90 Å². The van der Waals surface area contributed by atoms with Gasteiger partial charge in [-0.2, -0.15) is 4.31 Å². The average Bonchev–Trinajstić information content (AvgIpc) is 2.46. The molecule has 1 heterocycles. The van der Waals surface area contributed by atoms with Gasteiger partial charge in [-0.25, -0.2) is 8.42 Å². The smallest absolute Gasteiger partial charge is 0.246 e. The van der Waals surface area contributed by atoms with E-state index in [0.717, 1.165) is 32.5 Å². The van der Waals surface area contributed by atoms with E-state index in [0.29, 0.717) is 0 Å². The van der Waals surface area contributed by atoms with Crippen LogP contribution in [0.25, 0.3) is 0 Å². The standard InChI is InChI=1S/C14H22ClN3O2S/c1-3-18-9-7-11(8-10-18)17(2)21(19,20)14-12(15)5-4-6-13(14)16/h4-6,11H,3,7-10,16H2,1-2H3. The normalized spacial score (nSPS) is 18.3. The molecular weight excluding hydrogens is 310 g/mol. The Morgan fingerprint density at radius 1 is 1.38 bits per heavy atom. The summed E-state index contributed by atoms with van der Waals surface area (Å²) in [6.45, 7) is 4.95. The Kier molecular flexibility index (Phi) is 5.14. The first kappa shape index (κ1) is 16.5. The second-order valence-corrected chi connectivity index (χ2v) is 7.69. The van der Waals surface area contributed by atoms with E-state index in [1.807, 2.05) is 0 Å². The Balaban J connectivity index is 2.24. The molecule has 1 saturated heterocycles. The number of sulfonamides is 1. The van der Waals surface area contributed by atoms with Gasteiger partial charge in [-0.15, -0.1) is 0 Å². The fourth-order valence-electron chi connectivity index (χ4n) is 2.74. The second kappa shape index (κ2) is 6.52. The molecule has 1 aromatic carbocycles. The summed E-state index contributed by atoms with van der Waals surface area (Å²) in [5.41, 5.74) is 6.01. The highest BCUT2D eigenvalue weighted by molar-refractivity contribution is 7.89. The molecule has 2 N–H and O–H groups in total. The third kappa shape index (κ3) is 3.34. The van der Waals surface area contributed by atoms with Gasteiger partial charge in [0, 0.05) is 13.1 Å². The zero-order valence-electron chi connectivity index (χ0n) is 12.4. The molecule has 0 amide bonds. The molecule has 0 unspecified atom stereocenters. The van der Waals surface area contributed by atoms with Gasteiger partial charge in [0.15, 0.2) is 0 Å². The van der Waals surface area contributed by atoms with E-state index in [1.54, 1.807) is 25.2 Å². The van der Waals surface area contributed by atoms with Crippen LogP contribution in [0.3, 0.4) is 0 Å². The summed E-state index contributed by atoms with van der Waals surface area (Å²) >= 11 is 6.05. The number of nitrogens with zero attached hydrogens (tertiary/aromatic N) is 2. The van der Waals surface area contributed by atoms with Crippen LogP contribution in [0, 0.1) is 0 Å². The number of hydrogen-bond donors (Lipinski definition) is 1. The van der Waals surface area contributed by atoms with E-state index >= 15 is 0 Å². The number of nitrogens with two attached hydrogens (primary N) is 1. The first-order valence-corrected chi connectivity index (χ1v) is 8.94. The maximum absolute atomic E-state index is 12.8. The molecule has 0 saturated carbocycles. The first-order valence-electron chi connectivity index (χ1n) is 7.12. The maximum Gasteiger partial charge on any atom is 0.246 e. The Labute approximate surface area is 131 Å². The van der Waals surface area contributed by atoms with E-state index in [2.05, 4.69) is 11.8 Å². The Morgan fingerprint density at radius 3 is 2.52 bits per heavy atom. The highest BCUT2D eigenvalue weighted by Crippen LogP contribution is 2.31. The van der Waals surface area contributed by atoms with Crippen LogP contribution < -0.4 is 5.73 Å². The maximum atomic E-state index is 12.8. The fourth-order valence-corrected chi connectivity index (χ4v) is 4.78. The van der Waals surface area contributed by atoms with Crippen molar-refractivity contribution in [3.05, 3.63) is 23.2 Å². The van der Waals surface area contributed by atoms with Crippen molar-refractivity contribution in [2.45, 2.75) is 30.7 Å². The average molecular weight is 332 g/mol. The summed E-state index contributed by atoms with van der Waals surface area (Å²) < 4.78 is 27.0. The van der Waals surface area contributed by atoms with Crippen molar-refractivity contribution in [3.8, 4) is 0 Å². The molecule has 1 aliphatic rings. The Bertz CT molecular complexity index is 578. The molecule has 118 valence electrons. The summed E-state index contributed by atoms with van der Waals surface area (Å²) in [6.07, 6.45) is 1.65. The van der Waals surface area contributed by atoms with Crippen LogP contribution in [-0.2, 0) is 10.0 Å². The lowest BCUT2D eigenvalue weighted by atomic mass is 10.1. The van der Waals surface area contributed by atoms with E-state index in [-0.39, 0.29) is 21.6 Å². The highest BCUT2D eigenvalue weighted by Gasteiger charge is 2.33. The van der Waals surface area contributed by atoms with Gasteiger partial charge in [-0.3, -0.25) is 0 Å². The Morgan fingerprint density at radius 2 is 2.00 bits per heavy atom. The number of nitrogen functional groups attached to an aromatic ring is 1. The molecule has 0 atom stereocenters. The van der Waals surface area contributed by atoms with Crippen molar-refractivity contribution < 1.29 is 8.42 Å². The zero-order valence-corrected chi connectivity index (χ0v) is 14.0. The van der Waals surface area contributed by atoms with Gasteiger partial charge < -0.3 is 10.6 Å². The van der Waals surface area contributed by atoms with Crippen molar-refractivity contribution >= 4 is 27.3 Å². The molecule has 1 aromatic rings. The highest BCUT2D eigenvalue weighted by atomic mass is 35.5. The lowest BCUT2D eigenvalue weighted by Gasteiger charge is -2.35. The molecule has 2 rings (SSSR count). The Hall–Kier alpha value is -0.820. The van der Waals surface area contributed by atoms with Crippen LogP contribution in [-0.4, -0.2) is 50.3 Å². The minimum atomic E-state index is -3.67. The summed E-state index contributed by atoms with van der Waals surface area (Å²) in [5, 5.41) is 0.174. The number of hydrogen-bond acceptors (Lipinski definition) is 4. The topological polar surface area (TPSA) is 66.6 Å². The van der Waals surface area contributed by atoms with Crippen LogP contribution >= 0.6 is 11.6 Å². The van der Waals surface area contributed by atoms with Gasteiger partial charge in [-0.1, -0.05) is 24.6 Å². The number of halogens is 1. The van der Waals surface area contributed by atoms with Crippen molar-refractivity contribution in [1.82, 2.24) is 9.21 Å². The van der Waals surface area contributed by atoms with Crippen molar-refractivity contribution in [2.75, 3.05) is 32.4 Å². The molecule has 0 bridgehead atoms. The summed E-state index contributed by atoms with van der Waals surface area (Å²) in [4.78, 5) is 2.34. The second-order valence-electron chi connectivity index (χ2n) is 5.34. The van der Waals surface area contributed by atoms with E-state index in [1.165, 1.54) is 4.31 Å². The molecule has 21 heavy (non-hydrogen) atoms. The summed E-state index contributed by atoms with van der Waals surface area (Å²) in [7, 11) is -2.05. The predicted molar refractivity (Wildman–Crippen MR) is 85.9 cm³/mol. The molecular formula is C14H22ClN3O2S. The molecule has 7 heteroatoms. The van der Waals surface area contributed by atoms with Crippen molar-refractivity contribution in [3.63, 3.8) is 0 Å². The fraction of sp³-hybridized carbons (Fsp3) is 0.571. The van der Waals surface area contributed by atoms with Crippen LogP contribution in [0.15, 0.2) is 23.1 Å². The SMILES string of the molecule is CCN1CCC(N(C)S(=O)(=O)c2c(N)cccc2Cl)CC1. The molecule has 0 aliphatic carbocycles. The third-order valence-electron chi connectivity index (χ3n) is 4.15. The van der Waals surface area contributed by atoms with Crippen molar-refractivity contribution in [1.29, 1.82) is 0 Å². The quantitative estimate of drug-likeness (QED) is 0.857. The monoisotopic (exact) mass is 331 g/mol. The molecule has 0 spiro atoms. The van der Waals surface area contributed by atoms with E-state index in [4.69, 9.17) is 17.3 Å². The molecule has 5 nitrogen and oxygen atoms in total. The number of piperidine rings is 1. The largest absolute Gasteiger partial charge is 0.398 e. The number of anilines is 1. The lowest BCUT2D eigenvalue weighted by molar-refractivity contribution is 0.176. The van der Waals surface area contributed by atoms with Gasteiger partial charge in [0.05, 0.1) is 10.7 Å². The van der Waals surface area contributed by atoms with Crippen LogP contribution in [0.5, 0.6) is 0 Å². The molecule has 1 aliphatic heterocycles. The number of benzene rings is 1. The van der Waals surface area contributed by atoms with Crippen LogP contribution in [0.4, 0.5) is 5.69 Å². The lowest BCUT2D eigenvalue weighted by Crippen LogP contribution is -2.45. The van der Waals surface area contributed by atoms with Gasteiger partial charge >= 0.3 is 0 Å². The molecule has 0 aromatic heterocycles. The molecule has 0 radical (unpaired) electrons. The predicted octanol–water partition coefficient (Wildman–Crippen LogP) is 2.03. The third-order valence-corrected chi connectivity index (χ3v) is 6.61. The summed E-state index contributed by atoms with van der Waals surface area (Å²) in [5.74, 6) is 0. The van der Waals surface area contributed by atoms with E-state index < -0.39 is 10.0 Å².